The molecule has 21 heavy (non-hydrogen) atoms. The van der Waals surface area contributed by atoms with Crippen molar-refractivity contribution in [2.45, 2.75) is 13.8 Å². The van der Waals surface area contributed by atoms with E-state index in [9.17, 15) is 4.79 Å². The number of aromatic nitrogens is 1. The Morgan fingerprint density at radius 1 is 1.38 bits per heavy atom. The molecule has 1 aromatic heterocycles. The lowest BCUT2D eigenvalue weighted by molar-refractivity contribution is -0.118. The second-order valence-corrected chi connectivity index (χ2v) is 7.80. The van der Waals surface area contributed by atoms with Crippen LogP contribution in [0.25, 0.3) is 10.2 Å². The van der Waals surface area contributed by atoms with Crippen molar-refractivity contribution >= 4 is 55.8 Å². The number of anilines is 1. The number of hydrogen-bond acceptors (Lipinski definition) is 3. The van der Waals surface area contributed by atoms with Gasteiger partial charge >= 0.3 is 0 Å². The van der Waals surface area contributed by atoms with Gasteiger partial charge in [-0.1, -0.05) is 60.5 Å². The Morgan fingerprint density at radius 3 is 2.76 bits per heavy atom. The van der Waals surface area contributed by atoms with Crippen LogP contribution in [0.2, 0.25) is 0 Å². The van der Waals surface area contributed by atoms with Crippen molar-refractivity contribution in [3.05, 3.63) is 34.8 Å². The number of allylic oxidation sites excluding steroid dienone is 1. The fraction of sp³-hybridized carbons (Fsp3) is 0.333. The van der Waals surface area contributed by atoms with Crippen LogP contribution >= 0.6 is 34.5 Å². The van der Waals surface area contributed by atoms with Gasteiger partial charge < -0.3 is 5.32 Å². The zero-order valence-electron chi connectivity index (χ0n) is 11.6. The third kappa shape index (κ3) is 2.80. The maximum atomic E-state index is 12.4. The van der Waals surface area contributed by atoms with E-state index in [0.29, 0.717) is 5.13 Å². The number of hydrogen-bond donors (Lipinski definition) is 1. The molecular formula is C15H14Cl2N2OS. The van der Waals surface area contributed by atoms with Crippen LogP contribution in [-0.2, 0) is 4.79 Å². The molecule has 0 spiro atoms. The smallest absolute Gasteiger partial charge is 0.230 e. The van der Waals surface area contributed by atoms with Crippen LogP contribution in [0.15, 0.2) is 34.8 Å². The Bertz CT molecular complexity index is 701. The number of carbonyl (C=O) groups excluding carboxylic acids is 1. The van der Waals surface area contributed by atoms with Gasteiger partial charge in [0.25, 0.3) is 0 Å². The van der Waals surface area contributed by atoms with Crippen LogP contribution in [0.4, 0.5) is 5.13 Å². The maximum Gasteiger partial charge on any atom is 0.230 e. The largest absolute Gasteiger partial charge is 0.302 e. The summed E-state index contributed by atoms with van der Waals surface area (Å²) in [6.07, 6.45) is 1.74. The van der Waals surface area contributed by atoms with E-state index >= 15 is 0 Å². The summed E-state index contributed by atoms with van der Waals surface area (Å²) in [6.45, 7) is 4.07. The standard InChI is InChI=1S/C15H14Cl2N2OS/c1-15(2)8(7-11(16)17)12(15)13(20)19-14-18-9-5-3-4-6-10(9)21-14/h3-8,12H,1-2H3,(H,18,19,20)/t8-,12+/m1/s1. The van der Waals surface area contributed by atoms with E-state index < -0.39 is 0 Å². The summed E-state index contributed by atoms with van der Waals surface area (Å²) >= 11 is 12.9. The number of halogens is 2. The van der Waals surface area contributed by atoms with Crippen LogP contribution in [0.5, 0.6) is 0 Å². The van der Waals surface area contributed by atoms with Crippen LogP contribution in [0, 0.1) is 17.3 Å². The van der Waals surface area contributed by atoms with Crippen molar-refractivity contribution in [1.29, 1.82) is 0 Å². The Kier molecular flexibility index (Phi) is 3.72. The monoisotopic (exact) mass is 340 g/mol. The molecule has 2 atom stereocenters. The summed E-state index contributed by atoms with van der Waals surface area (Å²) in [5, 5.41) is 3.53. The number of nitrogens with one attached hydrogen (secondary N) is 1. The predicted molar refractivity (Wildman–Crippen MR) is 88.8 cm³/mol. The predicted octanol–water partition coefficient (Wildman–Crippen LogP) is 4.83. The molecule has 3 rings (SSSR count). The van der Waals surface area contributed by atoms with Crippen LogP contribution in [0.1, 0.15) is 13.8 Å². The first-order valence-electron chi connectivity index (χ1n) is 6.59. The van der Waals surface area contributed by atoms with E-state index in [0.717, 1.165) is 10.2 Å². The van der Waals surface area contributed by atoms with Crippen LogP contribution < -0.4 is 5.32 Å². The van der Waals surface area contributed by atoms with Crippen molar-refractivity contribution in [1.82, 2.24) is 4.98 Å². The van der Waals surface area contributed by atoms with Crippen LogP contribution in [-0.4, -0.2) is 10.9 Å². The van der Waals surface area contributed by atoms with E-state index in [-0.39, 0.29) is 27.6 Å². The number of amides is 1. The van der Waals surface area contributed by atoms with Crippen molar-refractivity contribution in [2.75, 3.05) is 5.32 Å². The average molecular weight is 341 g/mol. The molecule has 1 aromatic carbocycles. The molecule has 1 aliphatic rings. The minimum absolute atomic E-state index is 0.0325. The molecule has 1 heterocycles. The van der Waals surface area contributed by atoms with Gasteiger partial charge in [0.2, 0.25) is 5.91 Å². The van der Waals surface area contributed by atoms with Gasteiger partial charge in [0.1, 0.15) is 4.49 Å². The van der Waals surface area contributed by atoms with Gasteiger partial charge in [0, 0.05) is 0 Å². The van der Waals surface area contributed by atoms with Gasteiger partial charge in [-0.2, -0.15) is 0 Å². The van der Waals surface area contributed by atoms with E-state index in [4.69, 9.17) is 23.2 Å². The molecule has 1 fully saturated rings. The van der Waals surface area contributed by atoms with E-state index in [2.05, 4.69) is 10.3 Å². The van der Waals surface area contributed by atoms with E-state index in [1.165, 1.54) is 11.3 Å². The summed E-state index contributed by atoms with van der Waals surface area (Å²) in [5.74, 6) is -0.0937. The molecule has 110 valence electrons. The highest BCUT2D eigenvalue weighted by atomic mass is 35.5. The molecule has 1 N–H and O–H groups in total. The molecule has 3 nitrogen and oxygen atoms in total. The van der Waals surface area contributed by atoms with Gasteiger partial charge in [-0.05, 0) is 29.5 Å². The number of para-hydroxylation sites is 1. The second-order valence-electron chi connectivity index (χ2n) is 5.76. The topological polar surface area (TPSA) is 42.0 Å². The SMILES string of the molecule is CC1(C)[C@H](C=C(Cl)Cl)[C@H]1C(=O)Nc1nc2ccccc2s1. The molecule has 1 saturated carbocycles. The highest BCUT2D eigenvalue weighted by molar-refractivity contribution is 7.22. The minimum Gasteiger partial charge on any atom is -0.302 e. The van der Waals surface area contributed by atoms with Gasteiger partial charge in [-0.3, -0.25) is 4.79 Å². The van der Waals surface area contributed by atoms with Crippen molar-refractivity contribution in [2.24, 2.45) is 17.3 Å². The lowest BCUT2D eigenvalue weighted by Crippen LogP contribution is -2.16. The molecule has 0 unspecified atom stereocenters. The normalized spacial score (nSPS) is 22.9. The van der Waals surface area contributed by atoms with E-state index in [1.807, 2.05) is 38.1 Å². The van der Waals surface area contributed by atoms with Crippen LogP contribution in [0.3, 0.4) is 0 Å². The first-order valence-corrected chi connectivity index (χ1v) is 8.16. The number of benzene rings is 1. The lowest BCUT2D eigenvalue weighted by atomic mass is 10.1. The molecule has 1 aliphatic carbocycles. The number of carbonyl (C=O) groups is 1. The summed E-state index contributed by atoms with van der Waals surface area (Å²) in [5.41, 5.74) is 0.767. The Hall–Kier alpha value is -1.10. The minimum atomic E-state index is -0.129. The molecular weight excluding hydrogens is 327 g/mol. The Labute approximate surface area is 137 Å². The average Bonchev–Trinajstić information content (AvgIpc) is 2.77. The highest BCUT2D eigenvalue weighted by Crippen LogP contribution is 2.60. The number of fused-ring (bicyclic) bond motifs is 1. The lowest BCUT2D eigenvalue weighted by Gasteiger charge is -2.02. The highest BCUT2D eigenvalue weighted by Gasteiger charge is 2.60. The second kappa shape index (κ2) is 5.27. The molecule has 0 bridgehead atoms. The first-order chi connectivity index (χ1) is 9.89. The summed E-state index contributed by atoms with van der Waals surface area (Å²) in [7, 11) is 0. The first kappa shape index (κ1) is 14.8. The molecule has 0 saturated heterocycles. The maximum absolute atomic E-state index is 12.4. The number of nitrogens with zero attached hydrogens (tertiary/aromatic N) is 1. The number of rotatable bonds is 3. The van der Waals surface area contributed by atoms with Crippen molar-refractivity contribution < 1.29 is 4.79 Å². The summed E-state index contributed by atoms with van der Waals surface area (Å²) < 4.78 is 1.27. The Balaban J connectivity index is 1.76. The van der Waals surface area contributed by atoms with Gasteiger partial charge in [0.05, 0.1) is 16.1 Å². The Morgan fingerprint density at radius 2 is 2.10 bits per heavy atom. The molecule has 0 aliphatic heterocycles. The van der Waals surface area contributed by atoms with Gasteiger partial charge in [-0.15, -0.1) is 0 Å². The quantitative estimate of drug-likeness (QED) is 0.869. The zero-order chi connectivity index (χ0) is 15.2. The fourth-order valence-electron chi connectivity index (χ4n) is 2.73. The summed E-state index contributed by atoms with van der Waals surface area (Å²) in [4.78, 5) is 16.8. The fourth-order valence-corrected chi connectivity index (χ4v) is 3.87. The summed E-state index contributed by atoms with van der Waals surface area (Å²) in [6, 6.07) is 7.81. The molecule has 1 amide bonds. The van der Waals surface area contributed by atoms with Crippen molar-refractivity contribution in [3.8, 4) is 0 Å². The van der Waals surface area contributed by atoms with E-state index in [1.54, 1.807) is 6.08 Å². The van der Waals surface area contributed by atoms with Gasteiger partial charge in [0.15, 0.2) is 5.13 Å². The number of thiazole rings is 1. The van der Waals surface area contributed by atoms with Crippen molar-refractivity contribution in [3.63, 3.8) is 0 Å². The molecule has 2 aromatic rings. The molecule has 0 radical (unpaired) electrons. The zero-order valence-corrected chi connectivity index (χ0v) is 13.9. The van der Waals surface area contributed by atoms with Gasteiger partial charge in [-0.25, -0.2) is 4.98 Å². The third-order valence-corrected chi connectivity index (χ3v) is 5.23. The molecule has 6 heteroatoms. The third-order valence-electron chi connectivity index (χ3n) is 4.02.